The predicted octanol–water partition coefficient (Wildman–Crippen LogP) is 7.89. The summed E-state index contributed by atoms with van der Waals surface area (Å²) in [6.45, 7) is 10.7. The van der Waals surface area contributed by atoms with E-state index < -0.39 is 23.7 Å². The van der Waals surface area contributed by atoms with Crippen molar-refractivity contribution in [2.45, 2.75) is 26.9 Å². The molecule has 1 aromatic heterocycles. The monoisotopic (exact) mass is 700 g/mol. The van der Waals surface area contributed by atoms with Gasteiger partial charge in [-0.1, -0.05) is 23.7 Å². The van der Waals surface area contributed by atoms with E-state index in [1.165, 1.54) is 25.2 Å². The molecule has 14 heteroatoms. The van der Waals surface area contributed by atoms with Crippen molar-refractivity contribution in [1.82, 2.24) is 19.8 Å². The Balaban J connectivity index is 1.38. The van der Waals surface area contributed by atoms with Crippen molar-refractivity contribution in [2.24, 2.45) is 0 Å². The zero-order valence-corrected chi connectivity index (χ0v) is 28.5. The molecule has 0 atom stereocenters. The number of aromatic nitrogens is 2. The number of amides is 1. The number of hydrogen-bond acceptors (Lipinski definition) is 8. The Hall–Kier alpha value is -4.46. The number of carbonyl (C=O) groups is 1. The summed E-state index contributed by atoms with van der Waals surface area (Å²) in [6, 6.07) is 12.2. The molecule has 0 spiro atoms. The van der Waals surface area contributed by atoms with Gasteiger partial charge in [-0.3, -0.25) is 9.80 Å². The van der Waals surface area contributed by atoms with Crippen molar-refractivity contribution < 1.29 is 31.8 Å². The third-order valence-electron chi connectivity index (χ3n) is 8.59. The summed E-state index contributed by atoms with van der Waals surface area (Å²) in [5.41, 5.74) is 3.28. The van der Waals surface area contributed by atoms with Crippen molar-refractivity contribution in [3.8, 4) is 22.9 Å². The van der Waals surface area contributed by atoms with Crippen molar-refractivity contribution in [2.75, 3.05) is 63.6 Å². The predicted molar refractivity (Wildman–Crippen MR) is 182 cm³/mol. The van der Waals surface area contributed by atoms with Crippen LogP contribution in [0.3, 0.4) is 0 Å². The molecule has 0 saturated carbocycles. The van der Waals surface area contributed by atoms with Gasteiger partial charge in [0.25, 0.3) is 0 Å². The average Bonchev–Trinajstić information content (AvgIpc) is 3.05. The summed E-state index contributed by atoms with van der Waals surface area (Å²) in [6.07, 6.45) is -5.69. The number of benzene rings is 3. The van der Waals surface area contributed by atoms with Gasteiger partial charge >= 0.3 is 12.3 Å². The fourth-order valence-corrected chi connectivity index (χ4v) is 5.53. The Morgan fingerprint density at radius 2 is 1.71 bits per heavy atom. The summed E-state index contributed by atoms with van der Waals surface area (Å²) < 4.78 is 66.5. The normalized spacial score (nSPS) is 14.1. The first-order valence-electron chi connectivity index (χ1n) is 15.6. The van der Waals surface area contributed by atoms with Crippen molar-refractivity contribution in [3.05, 3.63) is 87.7 Å². The van der Waals surface area contributed by atoms with Gasteiger partial charge in [0, 0.05) is 63.2 Å². The van der Waals surface area contributed by atoms with Gasteiger partial charge in [-0.25, -0.2) is 14.2 Å². The average molecular weight is 701 g/mol. The molecular weight excluding hydrogens is 664 g/mol. The molecule has 1 N–H and O–H groups in total. The molecule has 4 aromatic rings. The van der Waals surface area contributed by atoms with Crippen LogP contribution >= 0.6 is 11.6 Å². The van der Waals surface area contributed by atoms with E-state index in [2.05, 4.69) is 32.1 Å². The molecule has 1 saturated heterocycles. The quantitative estimate of drug-likeness (QED) is 0.177. The zero-order valence-electron chi connectivity index (χ0n) is 27.8. The molecule has 1 amide bonds. The lowest BCUT2D eigenvalue weighted by Gasteiger charge is -2.32. The first-order chi connectivity index (χ1) is 23.2. The first-order valence-corrected chi connectivity index (χ1v) is 16.0. The van der Waals surface area contributed by atoms with Crippen LogP contribution in [0.15, 0.2) is 54.6 Å². The van der Waals surface area contributed by atoms with Gasteiger partial charge in [-0.15, -0.1) is 0 Å². The standard InChI is InChI=1S/C35H37ClF4N6O3/c1-21-6-9-26(23(3)22(21)2)29-20-32(49-34(47)45(5)30-18-24(35(38,39)40)7-10-27(30)36)43-33(42-29)41-25-8-11-31(28(37)19-25)48-17-16-46-14-12-44(4)13-15-46/h6-11,18-20H,12-17H2,1-5H3,(H,41,42,43). The van der Waals surface area contributed by atoms with E-state index in [4.69, 9.17) is 21.1 Å². The minimum Gasteiger partial charge on any atom is -0.489 e. The van der Waals surface area contributed by atoms with Gasteiger partial charge in [0.05, 0.1) is 22.0 Å². The van der Waals surface area contributed by atoms with Gasteiger partial charge in [0.1, 0.15) is 6.61 Å². The smallest absolute Gasteiger partial charge is 0.420 e. The van der Waals surface area contributed by atoms with Crippen LogP contribution in [-0.4, -0.2) is 79.3 Å². The lowest BCUT2D eigenvalue weighted by molar-refractivity contribution is -0.137. The molecule has 1 aliphatic rings. The highest BCUT2D eigenvalue weighted by Gasteiger charge is 2.32. The molecule has 1 fully saturated rings. The Labute approximate surface area is 287 Å². The van der Waals surface area contributed by atoms with Crippen LogP contribution < -0.4 is 19.7 Å². The van der Waals surface area contributed by atoms with E-state index in [1.54, 1.807) is 6.07 Å². The number of ether oxygens (including phenoxy) is 2. The lowest BCUT2D eigenvalue weighted by atomic mass is 9.97. The van der Waals surface area contributed by atoms with Crippen LogP contribution in [0.25, 0.3) is 11.3 Å². The molecule has 49 heavy (non-hydrogen) atoms. The molecule has 1 aliphatic heterocycles. The number of halogens is 5. The highest BCUT2D eigenvalue weighted by atomic mass is 35.5. The zero-order chi connectivity index (χ0) is 35.5. The largest absolute Gasteiger partial charge is 0.489 e. The molecule has 0 radical (unpaired) electrons. The molecule has 5 rings (SSSR count). The number of anilines is 3. The summed E-state index contributed by atoms with van der Waals surface area (Å²) in [4.78, 5) is 27.5. The second-order valence-electron chi connectivity index (χ2n) is 11.9. The third-order valence-corrected chi connectivity index (χ3v) is 8.91. The minimum absolute atomic E-state index is 0.0131. The van der Waals surface area contributed by atoms with Gasteiger partial charge in [0.15, 0.2) is 11.6 Å². The summed E-state index contributed by atoms with van der Waals surface area (Å²) in [7, 11) is 3.31. The van der Waals surface area contributed by atoms with E-state index in [-0.39, 0.29) is 28.3 Å². The second-order valence-corrected chi connectivity index (χ2v) is 12.4. The number of likely N-dealkylation sites (N-methyl/N-ethyl adjacent to an activating group) is 1. The number of aryl methyl sites for hydroxylation is 1. The Morgan fingerprint density at radius 1 is 0.980 bits per heavy atom. The maximum absolute atomic E-state index is 15.1. The third kappa shape index (κ3) is 8.77. The number of nitrogens with zero attached hydrogens (tertiary/aromatic N) is 5. The summed E-state index contributed by atoms with van der Waals surface area (Å²) >= 11 is 6.15. The van der Waals surface area contributed by atoms with Crippen molar-refractivity contribution in [3.63, 3.8) is 0 Å². The van der Waals surface area contributed by atoms with E-state index in [9.17, 15) is 18.0 Å². The van der Waals surface area contributed by atoms with E-state index in [0.29, 0.717) is 24.5 Å². The first kappa shape index (κ1) is 35.8. The van der Waals surface area contributed by atoms with Crippen LogP contribution in [0, 0.1) is 26.6 Å². The molecule has 260 valence electrons. The molecule has 0 bridgehead atoms. The van der Waals surface area contributed by atoms with Gasteiger partial charge in [-0.2, -0.15) is 18.2 Å². The maximum atomic E-state index is 15.1. The molecule has 3 aromatic carbocycles. The number of rotatable bonds is 9. The number of nitrogens with one attached hydrogen (secondary N) is 1. The number of piperazine rings is 1. The maximum Gasteiger partial charge on any atom is 0.420 e. The topological polar surface area (TPSA) is 83.1 Å². The van der Waals surface area contributed by atoms with E-state index in [0.717, 1.165) is 71.5 Å². The van der Waals surface area contributed by atoms with Gasteiger partial charge < -0.3 is 19.7 Å². The lowest BCUT2D eigenvalue weighted by Crippen LogP contribution is -2.45. The molecule has 9 nitrogen and oxygen atoms in total. The fraction of sp³-hybridized carbons (Fsp3) is 0.343. The van der Waals surface area contributed by atoms with Gasteiger partial charge in [-0.05, 0) is 74.8 Å². The van der Waals surface area contributed by atoms with Crippen LogP contribution in [0.4, 0.5) is 39.7 Å². The van der Waals surface area contributed by atoms with Crippen LogP contribution in [0.1, 0.15) is 22.3 Å². The Morgan fingerprint density at radius 3 is 2.41 bits per heavy atom. The highest BCUT2D eigenvalue weighted by molar-refractivity contribution is 6.33. The van der Waals surface area contributed by atoms with E-state index >= 15 is 4.39 Å². The number of carbonyl (C=O) groups excluding carboxylic acids is 1. The Kier molecular flexibility index (Phi) is 11.0. The van der Waals surface area contributed by atoms with Crippen LogP contribution in [-0.2, 0) is 6.18 Å². The minimum atomic E-state index is -4.65. The SMILES string of the molecule is Cc1ccc(-c2cc(OC(=O)N(C)c3cc(C(F)(F)F)ccc3Cl)nc(Nc3ccc(OCCN4CCN(C)CC4)c(F)c3)n2)c(C)c1C. The number of alkyl halides is 3. The Bertz CT molecular complexity index is 1830. The van der Waals surface area contributed by atoms with Gasteiger partial charge in [0.2, 0.25) is 11.8 Å². The van der Waals surface area contributed by atoms with E-state index in [1.807, 2.05) is 32.9 Å². The number of hydrogen-bond donors (Lipinski definition) is 1. The van der Waals surface area contributed by atoms with Crippen LogP contribution in [0.2, 0.25) is 5.02 Å². The van der Waals surface area contributed by atoms with Crippen LogP contribution in [0.5, 0.6) is 11.6 Å². The summed E-state index contributed by atoms with van der Waals surface area (Å²) in [5, 5.41) is 2.88. The molecule has 0 aliphatic carbocycles. The second kappa shape index (κ2) is 15.0. The highest BCUT2D eigenvalue weighted by Crippen LogP contribution is 2.36. The fourth-order valence-electron chi connectivity index (χ4n) is 5.29. The van der Waals surface area contributed by atoms with Crippen molar-refractivity contribution >= 4 is 35.0 Å². The molecule has 0 unspecified atom stereocenters. The molecular formula is C35H37ClF4N6O3. The van der Waals surface area contributed by atoms with Crippen molar-refractivity contribution in [1.29, 1.82) is 0 Å². The molecule has 2 heterocycles. The summed E-state index contributed by atoms with van der Waals surface area (Å²) in [5.74, 6) is -0.697.